The molecular weight excluding hydrogens is 488 g/mol. The molecule has 190 valence electrons. The number of pyridine rings is 1. The van der Waals surface area contributed by atoms with E-state index in [0.717, 1.165) is 9.13 Å². The largest absolute Gasteiger partial charge is 0.481 e. The van der Waals surface area contributed by atoms with Crippen LogP contribution in [0.15, 0.2) is 70.4 Å². The molecule has 0 saturated carbocycles. The lowest BCUT2D eigenvalue weighted by Gasteiger charge is -2.16. The third-order valence-corrected chi connectivity index (χ3v) is 5.32. The molecular formula is C25H21F2N5O5. The number of anilines is 2. The summed E-state index contributed by atoms with van der Waals surface area (Å²) in [6.45, 7) is 1.28. The van der Waals surface area contributed by atoms with Crippen molar-refractivity contribution in [3.05, 3.63) is 105 Å². The lowest BCUT2D eigenvalue weighted by Crippen LogP contribution is -2.43. The molecule has 0 amide bonds. The van der Waals surface area contributed by atoms with E-state index in [0.29, 0.717) is 22.6 Å². The van der Waals surface area contributed by atoms with Gasteiger partial charge in [-0.15, -0.1) is 0 Å². The van der Waals surface area contributed by atoms with Gasteiger partial charge in [-0.1, -0.05) is 12.1 Å². The first-order chi connectivity index (χ1) is 17.7. The molecule has 0 aliphatic carbocycles. The quantitative estimate of drug-likeness (QED) is 0.351. The second kappa shape index (κ2) is 10.8. The number of rotatable bonds is 9. The highest BCUT2D eigenvalue weighted by atomic mass is 19.1. The van der Waals surface area contributed by atoms with Gasteiger partial charge in [-0.2, -0.15) is 4.98 Å². The van der Waals surface area contributed by atoms with Crippen LogP contribution in [0.5, 0.6) is 11.6 Å². The van der Waals surface area contributed by atoms with Crippen LogP contribution in [0.2, 0.25) is 0 Å². The van der Waals surface area contributed by atoms with Crippen LogP contribution in [-0.4, -0.2) is 30.2 Å². The third kappa shape index (κ3) is 6.04. The molecule has 2 N–H and O–H groups in total. The van der Waals surface area contributed by atoms with E-state index in [1.807, 2.05) is 0 Å². The average molecular weight is 509 g/mol. The van der Waals surface area contributed by atoms with Gasteiger partial charge < -0.3 is 15.2 Å². The molecule has 0 aliphatic rings. The summed E-state index contributed by atoms with van der Waals surface area (Å²) in [5.74, 6) is -2.21. The second-order valence-corrected chi connectivity index (χ2v) is 8.01. The number of carboxylic acids is 1. The summed E-state index contributed by atoms with van der Waals surface area (Å²) >= 11 is 0. The molecule has 4 rings (SSSR count). The highest BCUT2D eigenvalue weighted by Gasteiger charge is 2.16. The molecule has 2 heterocycles. The normalized spacial score (nSPS) is 10.8. The minimum Gasteiger partial charge on any atom is -0.481 e. The third-order valence-electron chi connectivity index (χ3n) is 5.32. The Labute approximate surface area is 208 Å². The van der Waals surface area contributed by atoms with Crippen LogP contribution in [-0.2, 0) is 17.9 Å². The zero-order chi connectivity index (χ0) is 26.5. The van der Waals surface area contributed by atoms with E-state index < -0.39 is 35.4 Å². The fourth-order valence-electron chi connectivity index (χ4n) is 3.46. The maximum absolute atomic E-state index is 13.9. The van der Waals surface area contributed by atoms with Gasteiger partial charge in [0, 0.05) is 18.4 Å². The Morgan fingerprint density at radius 1 is 1.08 bits per heavy atom. The van der Waals surface area contributed by atoms with Gasteiger partial charge in [0.2, 0.25) is 5.95 Å². The van der Waals surface area contributed by atoms with E-state index >= 15 is 0 Å². The lowest BCUT2D eigenvalue weighted by atomic mass is 10.2. The van der Waals surface area contributed by atoms with Crippen molar-refractivity contribution in [2.24, 2.45) is 0 Å². The number of aryl methyl sites for hydroxylation is 1. The van der Waals surface area contributed by atoms with Gasteiger partial charge in [0.1, 0.15) is 11.6 Å². The van der Waals surface area contributed by atoms with Crippen molar-refractivity contribution < 1.29 is 23.4 Å². The van der Waals surface area contributed by atoms with Gasteiger partial charge in [-0.25, -0.2) is 27.9 Å². The SMILES string of the molecule is Cc1cc(Nc2nc(=O)n(CCC(=O)O)c(=O)n2Cc2ccc(F)cc2)ccc1Oc1ncccc1F. The van der Waals surface area contributed by atoms with Crippen molar-refractivity contribution in [3.63, 3.8) is 0 Å². The van der Waals surface area contributed by atoms with Gasteiger partial charge in [-0.05, 0) is 60.5 Å². The lowest BCUT2D eigenvalue weighted by molar-refractivity contribution is -0.137. The van der Waals surface area contributed by atoms with E-state index in [1.165, 1.54) is 42.6 Å². The monoisotopic (exact) mass is 509 g/mol. The summed E-state index contributed by atoms with van der Waals surface area (Å²) in [5, 5.41) is 11.9. The Morgan fingerprint density at radius 2 is 1.84 bits per heavy atom. The highest BCUT2D eigenvalue weighted by molar-refractivity contribution is 5.66. The Kier molecular flexibility index (Phi) is 7.37. The van der Waals surface area contributed by atoms with Crippen molar-refractivity contribution in [3.8, 4) is 11.6 Å². The topological polar surface area (TPSA) is 128 Å². The molecule has 0 unspecified atom stereocenters. The van der Waals surface area contributed by atoms with Crippen molar-refractivity contribution in [1.29, 1.82) is 0 Å². The molecule has 0 fully saturated rings. The van der Waals surface area contributed by atoms with E-state index in [1.54, 1.807) is 25.1 Å². The number of hydrogen-bond acceptors (Lipinski definition) is 7. The summed E-state index contributed by atoms with van der Waals surface area (Å²) in [4.78, 5) is 44.5. The van der Waals surface area contributed by atoms with Crippen LogP contribution < -0.4 is 21.4 Å². The van der Waals surface area contributed by atoms with Crippen LogP contribution in [0.25, 0.3) is 0 Å². The molecule has 0 radical (unpaired) electrons. The highest BCUT2D eigenvalue weighted by Crippen LogP contribution is 2.28. The van der Waals surface area contributed by atoms with E-state index in [-0.39, 0.29) is 24.9 Å². The molecule has 10 nitrogen and oxygen atoms in total. The minimum atomic E-state index is -1.18. The van der Waals surface area contributed by atoms with Crippen LogP contribution in [0.1, 0.15) is 17.5 Å². The summed E-state index contributed by atoms with van der Waals surface area (Å²) in [6.07, 6.45) is 0.950. The summed E-state index contributed by atoms with van der Waals surface area (Å²) in [6, 6.07) is 12.9. The first-order valence-corrected chi connectivity index (χ1v) is 11.0. The Hall–Kier alpha value is -4.87. The van der Waals surface area contributed by atoms with Crippen molar-refractivity contribution in [2.45, 2.75) is 26.4 Å². The van der Waals surface area contributed by atoms with Crippen LogP contribution in [0.4, 0.5) is 20.4 Å². The molecule has 0 bridgehead atoms. The van der Waals surface area contributed by atoms with Crippen molar-refractivity contribution in [1.82, 2.24) is 19.1 Å². The number of benzene rings is 2. The minimum absolute atomic E-state index is 0.0685. The Bertz CT molecular complexity index is 1570. The zero-order valence-corrected chi connectivity index (χ0v) is 19.5. The second-order valence-electron chi connectivity index (χ2n) is 8.01. The summed E-state index contributed by atoms with van der Waals surface area (Å²) in [5.41, 5.74) is -0.123. The number of carbonyl (C=O) groups is 1. The molecule has 0 atom stereocenters. The van der Waals surface area contributed by atoms with Crippen LogP contribution in [0, 0.1) is 18.6 Å². The average Bonchev–Trinajstić information content (AvgIpc) is 2.85. The van der Waals surface area contributed by atoms with Gasteiger partial charge in [0.05, 0.1) is 13.0 Å². The summed E-state index contributed by atoms with van der Waals surface area (Å²) < 4.78 is 34.7. The number of aliphatic carboxylic acids is 1. The van der Waals surface area contributed by atoms with Crippen molar-refractivity contribution in [2.75, 3.05) is 5.32 Å². The number of nitrogens with one attached hydrogen (secondary N) is 1. The van der Waals surface area contributed by atoms with E-state index in [4.69, 9.17) is 9.84 Å². The molecule has 2 aromatic heterocycles. The Morgan fingerprint density at radius 3 is 2.51 bits per heavy atom. The Balaban J connectivity index is 1.68. The van der Waals surface area contributed by atoms with Gasteiger partial charge in [-0.3, -0.25) is 9.36 Å². The predicted octanol–water partition coefficient (Wildman–Crippen LogP) is 3.45. The first-order valence-electron chi connectivity index (χ1n) is 11.0. The van der Waals surface area contributed by atoms with Crippen LogP contribution >= 0.6 is 0 Å². The maximum atomic E-state index is 13.9. The van der Waals surface area contributed by atoms with Crippen molar-refractivity contribution >= 4 is 17.6 Å². The smallest absolute Gasteiger partial charge is 0.354 e. The zero-order valence-electron chi connectivity index (χ0n) is 19.5. The number of halogens is 2. The first kappa shape index (κ1) is 25.2. The molecule has 0 saturated heterocycles. The molecule has 37 heavy (non-hydrogen) atoms. The van der Waals surface area contributed by atoms with Gasteiger partial charge in [0.15, 0.2) is 5.82 Å². The van der Waals surface area contributed by atoms with E-state index in [2.05, 4.69) is 15.3 Å². The van der Waals surface area contributed by atoms with Gasteiger partial charge >= 0.3 is 17.3 Å². The fraction of sp³-hybridized carbons (Fsp3) is 0.160. The number of aromatic nitrogens is 4. The predicted molar refractivity (Wildman–Crippen MR) is 129 cm³/mol. The fourth-order valence-corrected chi connectivity index (χ4v) is 3.46. The number of nitrogens with zero attached hydrogens (tertiary/aromatic N) is 4. The molecule has 12 heteroatoms. The number of carboxylic acid groups (broad SMARTS) is 1. The number of hydrogen-bond donors (Lipinski definition) is 2. The summed E-state index contributed by atoms with van der Waals surface area (Å²) in [7, 11) is 0. The van der Waals surface area contributed by atoms with Crippen LogP contribution in [0.3, 0.4) is 0 Å². The molecule has 0 spiro atoms. The van der Waals surface area contributed by atoms with Gasteiger partial charge in [0.25, 0.3) is 5.88 Å². The number of ether oxygens (including phenoxy) is 1. The molecule has 2 aromatic carbocycles. The maximum Gasteiger partial charge on any atom is 0.354 e. The molecule has 0 aliphatic heterocycles. The standard InChI is InChI=1S/C25H21F2N5O5/c1-15-13-18(8-9-20(15)37-22-19(27)3-2-11-28-22)29-23-30-24(35)31(12-10-21(33)34)25(36)32(23)14-16-4-6-17(26)7-5-16/h2-9,11,13H,10,12,14H2,1H3,(H,33,34)(H,29,30,35). The van der Waals surface area contributed by atoms with E-state index in [9.17, 15) is 23.2 Å². The molecule has 4 aromatic rings.